The van der Waals surface area contributed by atoms with E-state index in [1.54, 1.807) is 53.2 Å². The van der Waals surface area contributed by atoms with Crippen molar-refractivity contribution in [2.45, 2.75) is 18.2 Å². The standard InChI is InChI=1S/C19H20ClN3O3S2/c1-22(11-14-4-3-9-27-14)17(24)12-28-19-21-16-10-13(20)5-6-15(16)18(25)23(19)7-8-26-2/h3-6,9-10H,7-8,11-12H2,1-2H3. The predicted molar refractivity (Wildman–Crippen MR) is 114 cm³/mol. The largest absolute Gasteiger partial charge is 0.383 e. The molecular formula is C19H20ClN3O3S2. The van der Waals surface area contributed by atoms with Gasteiger partial charge in [0, 0.05) is 24.1 Å². The number of hydrogen-bond acceptors (Lipinski definition) is 6. The minimum absolute atomic E-state index is 0.0304. The van der Waals surface area contributed by atoms with Gasteiger partial charge in [0.15, 0.2) is 5.16 Å². The highest BCUT2D eigenvalue weighted by Crippen LogP contribution is 2.21. The number of thioether (sulfide) groups is 1. The molecule has 1 aromatic carbocycles. The normalized spacial score (nSPS) is 11.1. The summed E-state index contributed by atoms with van der Waals surface area (Å²) in [5.74, 6) is 0.157. The quantitative estimate of drug-likeness (QED) is 0.398. The molecule has 0 bridgehead atoms. The number of hydrogen-bond donors (Lipinski definition) is 0. The molecule has 0 N–H and O–H groups in total. The first-order valence-electron chi connectivity index (χ1n) is 8.57. The lowest BCUT2D eigenvalue weighted by molar-refractivity contribution is -0.127. The molecule has 0 saturated heterocycles. The van der Waals surface area contributed by atoms with Gasteiger partial charge in [-0.1, -0.05) is 29.4 Å². The lowest BCUT2D eigenvalue weighted by atomic mass is 10.2. The summed E-state index contributed by atoms with van der Waals surface area (Å²) < 4.78 is 6.67. The Labute approximate surface area is 176 Å². The molecule has 28 heavy (non-hydrogen) atoms. The number of rotatable bonds is 8. The summed E-state index contributed by atoms with van der Waals surface area (Å²) in [6.07, 6.45) is 0. The van der Waals surface area contributed by atoms with E-state index in [1.165, 1.54) is 11.8 Å². The van der Waals surface area contributed by atoms with Crippen LogP contribution in [0.5, 0.6) is 0 Å². The number of aromatic nitrogens is 2. The molecule has 6 nitrogen and oxygen atoms in total. The molecule has 0 saturated carbocycles. The van der Waals surface area contributed by atoms with Gasteiger partial charge in [0.2, 0.25) is 5.91 Å². The molecule has 0 unspecified atom stereocenters. The average Bonchev–Trinajstić information content (AvgIpc) is 3.18. The topological polar surface area (TPSA) is 64.4 Å². The van der Waals surface area contributed by atoms with Crippen LogP contribution in [0, 0.1) is 0 Å². The van der Waals surface area contributed by atoms with Gasteiger partial charge < -0.3 is 9.64 Å². The summed E-state index contributed by atoms with van der Waals surface area (Å²) in [6, 6.07) is 8.96. The number of ether oxygens (including phenoxy) is 1. The molecule has 148 valence electrons. The van der Waals surface area contributed by atoms with Crippen LogP contribution in [0.15, 0.2) is 45.7 Å². The smallest absolute Gasteiger partial charge is 0.262 e. The maximum atomic E-state index is 12.9. The van der Waals surface area contributed by atoms with E-state index in [4.69, 9.17) is 16.3 Å². The molecule has 2 aromatic heterocycles. The summed E-state index contributed by atoms with van der Waals surface area (Å²) >= 11 is 8.91. The Balaban J connectivity index is 1.82. The number of nitrogens with zero attached hydrogens (tertiary/aromatic N) is 3. The van der Waals surface area contributed by atoms with Crippen LogP contribution >= 0.6 is 34.7 Å². The Morgan fingerprint density at radius 2 is 2.21 bits per heavy atom. The Hall–Kier alpha value is -1.87. The molecule has 1 amide bonds. The molecular weight excluding hydrogens is 418 g/mol. The monoisotopic (exact) mass is 437 g/mol. The van der Waals surface area contributed by atoms with Gasteiger partial charge in [0.1, 0.15) is 0 Å². The maximum absolute atomic E-state index is 12.9. The van der Waals surface area contributed by atoms with Crippen molar-refractivity contribution in [3.8, 4) is 0 Å². The lowest BCUT2D eigenvalue weighted by Crippen LogP contribution is -2.29. The van der Waals surface area contributed by atoms with Crippen molar-refractivity contribution in [1.82, 2.24) is 14.5 Å². The third-order valence-corrected chi connectivity index (χ3v) is 6.18. The number of benzene rings is 1. The van der Waals surface area contributed by atoms with E-state index >= 15 is 0 Å². The fourth-order valence-electron chi connectivity index (χ4n) is 2.62. The second-order valence-electron chi connectivity index (χ2n) is 6.12. The molecule has 0 aliphatic carbocycles. The minimum atomic E-state index is -0.166. The van der Waals surface area contributed by atoms with Crippen molar-refractivity contribution in [2.24, 2.45) is 0 Å². The molecule has 3 rings (SSSR count). The van der Waals surface area contributed by atoms with Crippen LogP contribution in [0.2, 0.25) is 5.02 Å². The summed E-state index contributed by atoms with van der Waals surface area (Å²) in [5.41, 5.74) is 0.355. The van der Waals surface area contributed by atoms with Crippen LogP contribution < -0.4 is 5.56 Å². The number of methoxy groups -OCH3 is 1. The molecule has 0 aliphatic heterocycles. The van der Waals surface area contributed by atoms with Crippen molar-refractivity contribution >= 4 is 51.5 Å². The highest BCUT2D eigenvalue weighted by Gasteiger charge is 2.16. The van der Waals surface area contributed by atoms with Crippen molar-refractivity contribution in [2.75, 3.05) is 26.5 Å². The molecule has 0 spiro atoms. The van der Waals surface area contributed by atoms with E-state index in [0.29, 0.717) is 40.8 Å². The highest BCUT2D eigenvalue weighted by molar-refractivity contribution is 7.99. The molecule has 0 aliphatic rings. The van der Waals surface area contributed by atoms with E-state index in [-0.39, 0.29) is 17.2 Å². The minimum Gasteiger partial charge on any atom is -0.383 e. The second-order valence-corrected chi connectivity index (χ2v) is 8.53. The lowest BCUT2D eigenvalue weighted by Gasteiger charge is -2.17. The number of carbonyl (C=O) groups is 1. The zero-order valence-corrected chi connectivity index (χ0v) is 17.9. The first-order valence-corrected chi connectivity index (χ1v) is 10.8. The van der Waals surface area contributed by atoms with Crippen LogP contribution in [0.3, 0.4) is 0 Å². The number of thiophene rings is 1. The Morgan fingerprint density at radius 1 is 1.39 bits per heavy atom. The average molecular weight is 438 g/mol. The van der Waals surface area contributed by atoms with Gasteiger partial charge >= 0.3 is 0 Å². The van der Waals surface area contributed by atoms with Gasteiger partial charge in [0.05, 0.1) is 36.4 Å². The summed E-state index contributed by atoms with van der Waals surface area (Å²) in [6.45, 7) is 1.30. The van der Waals surface area contributed by atoms with Gasteiger partial charge in [-0.25, -0.2) is 4.98 Å². The van der Waals surface area contributed by atoms with E-state index in [0.717, 1.165) is 4.88 Å². The molecule has 2 heterocycles. The van der Waals surface area contributed by atoms with E-state index in [9.17, 15) is 9.59 Å². The zero-order valence-electron chi connectivity index (χ0n) is 15.6. The van der Waals surface area contributed by atoms with Crippen molar-refractivity contribution in [3.05, 3.63) is 56.0 Å². The Morgan fingerprint density at radius 3 is 2.93 bits per heavy atom. The summed E-state index contributed by atoms with van der Waals surface area (Å²) in [5, 5.41) is 3.47. The molecule has 0 fully saturated rings. The van der Waals surface area contributed by atoms with Gasteiger partial charge in [0.25, 0.3) is 5.56 Å². The van der Waals surface area contributed by atoms with Crippen molar-refractivity contribution in [3.63, 3.8) is 0 Å². The Kier molecular flexibility index (Phi) is 7.12. The first kappa shape index (κ1) is 20.9. The molecule has 0 atom stereocenters. The van der Waals surface area contributed by atoms with Gasteiger partial charge in [-0.15, -0.1) is 11.3 Å². The van der Waals surface area contributed by atoms with Crippen molar-refractivity contribution in [1.29, 1.82) is 0 Å². The van der Waals surface area contributed by atoms with E-state index < -0.39 is 0 Å². The van der Waals surface area contributed by atoms with Crippen LogP contribution in [-0.2, 0) is 22.6 Å². The summed E-state index contributed by atoms with van der Waals surface area (Å²) in [4.78, 5) is 32.8. The third-order valence-electron chi connectivity index (χ3n) is 4.12. The third kappa shape index (κ3) is 4.94. The summed E-state index contributed by atoms with van der Waals surface area (Å²) in [7, 11) is 3.35. The number of fused-ring (bicyclic) bond motifs is 1. The molecule has 0 radical (unpaired) electrons. The second kappa shape index (κ2) is 9.56. The van der Waals surface area contributed by atoms with E-state index in [2.05, 4.69) is 4.98 Å². The van der Waals surface area contributed by atoms with Gasteiger partial charge in [-0.3, -0.25) is 14.2 Å². The van der Waals surface area contributed by atoms with Crippen LogP contribution in [0.1, 0.15) is 4.88 Å². The van der Waals surface area contributed by atoms with E-state index in [1.807, 2.05) is 17.5 Å². The molecule has 3 aromatic rings. The van der Waals surface area contributed by atoms with Crippen molar-refractivity contribution < 1.29 is 9.53 Å². The van der Waals surface area contributed by atoms with Crippen LogP contribution in [-0.4, -0.2) is 46.9 Å². The number of carbonyl (C=O) groups excluding carboxylic acids is 1. The predicted octanol–water partition coefficient (Wildman–Crippen LogP) is 3.51. The first-order chi connectivity index (χ1) is 13.5. The van der Waals surface area contributed by atoms with Gasteiger partial charge in [-0.05, 0) is 29.6 Å². The highest BCUT2D eigenvalue weighted by atomic mass is 35.5. The Bertz CT molecular complexity index is 1020. The zero-order chi connectivity index (χ0) is 20.1. The fraction of sp³-hybridized carbons (Fsp3) is 0.316. The van der Waals surface area contributed by atoms with Crippen LogP contribution in [0.4, 0.5) is 0 Å². The fourth-order valence-corrected chi connectivity index (χ4v) is 4.51. The van der Waals surface area contributed by atoms with Gasteiger partial charge in [-0.2, -0.15) is 0 Å². The van der Waals surface area contributed by atoms with Crippen LogP contribution in [0.25, 0.3) is 10.9 Å². The number of halogens is 1. The maximum Gasteiger partial charge on any atom is 0.262 e. The SMILES string of the molecule is COCCn1c(SCC(=O)N(C)Cc2cccs2)nc2cc(Cl)ccc2c1=O. The number of amides is 1. The molecule has 9 heteroatoms.